The van der Waals surface area contributed by atoms with Gasteiger partial charge in [0.15, 0.2) is 0 Å². The maximum Gasteiger partial charge on any atom is 0.306 e. The topological polar surface area (TPSA) is 37.3 Å². The Hall–Kier alpha value is -1.05. The van der Waals surface area contributed by atoms with Gasteiger partial charge in [0, 0.05) is 0 Å². The first-order valence-corrected chi connectivity index (χ1v) is 5.48. The number of allylic oxidation sites excluding steroid dienone is 3. The lowest BCUT2D eigenvalue weighted by atomic mass is 9.74. The van der Waals surface area contributed by atoms with Gasteiger partial charge in [-0.3, -0.25) is 4.79 Å². The largest absolute Gasteiger partial charge is 0.481 e. The number of carbonyl (C=O) groups is 1. The van der Waals surface area contributed by atoms with Gasteiger partial charge in [-0.05, 0) is 38.5 Å². The van der Waals surface area contributed by atoms with Crippen molar-refractivity contribution in [2.45, 2.75) is 33.6 Å². The Balaban J connectivity index is 2.80. The highest BCUT2D eigenvalue weighted by molar-refractivity contribution is 5.70. The minimum Gasteiger partial charge on any atom is -0.481 e. The van der Waals surface area contributed by atoms with Crippen molar-refractivity contribution in [3.8, 4) is 0 Å². The predicted octanol–water partition coefficient (Wildman–Crippen LogP) is 3.26. The number of hydrogen-bond acceptors (Lipinski definition) is 1. The third-order valence-electron chi connectivity index (χ3n) is 3.54. The van der Waals surface area contributed by atoms with Gasteiger partial charge < -0.3 is 5.11 Å². The van der Waals surface area contributed by atoms with Crippen molar-refractivity contribution in [3.63, 3.8) is 0 Å². The molecule has 1 N–H and O–H groups in total. The third kappa shape index (κ3) is 2.71. The molecule has 0 radical (unpaired) electrons. The van der Waals surface area contributed by atoms with E-state index in [1.54, 1.807) is 6.92 Å². The van der Waals surface area contributed by atoms with E-state index < -0.39 is 5.97 Å². The highest BCUT2D eigenvalue weighted by Gasteiger charge is 2.30. The van der Waals surface area contributed by atoms with Crippen LogP contribution in [0.25, 0.3) is 0 Å². The maximum atomic E-state index is 11.0. The summed E-state index contributed by atoms with van der Waals surface area (Å²) in [4.78, 5) is 11.0. The molecule has 0 spiro atoms. The summed E-state index contributed by atoms with van der Waals surface area (Å²) in [7, 11) is 0. The van der Waals surface area contributed by atoms with E-state index in [4.69, 9.17) is 5.11 Å². The van der Waals surface area contributed by atoms with Gasteiger partial charge in [0.2, 0.25) is 0 Å². The van der Waals surface area contributed by atoms with Crippen LogP contribution in [0.2, 0.25) is 0 Å². The molecular formula is C13H20O2. The van der Waals surface area contributed by atoms with Crippen molar-refractivity contribution in [1.29, 1.82) is 0 Å². The van der Waals surface area contributed by atoms with Crippen molar-refractivity contribution in [2.24, 2.45) is 17.8 Å². The fraction of sp³-hybridized carbons (Fsp3) is 0.615. The van der Waals surface area contributed by atoms with Crippen molar-refractivity contribution >= 4 is 5.97 Å². The minimum absolute atomic E-state index is 0.179. The summed E-state index contributed by atoms with van der Waals surface area (Å²) in [5, 5.41) is 9.03. The molecule has 15 heavy (non-hydrogen) atoms. The van der Waals surface area contributed by atoms with E-state index >= 15 is 0 Å². The molecule has 0 unspecified atom stereocenters. The van der Waals surface area contributed by atoms with Gasteiger partial charge in [-0.15, -0.1) is 0 Å². The standard InChI is InChI=1S/C13H20O2/c1-8(2)11-6-5-9(3)12(7-11)10(4)13(14)15/h5,10-12H,1,6-7H2,2-4H3,(H,14,15)/t10-,11+,12+/m1/s1. The highest BCUT2D eigenvalue weighted by atomic mass is 16.4. The zero-order valence-corrected chi connectivity index (χ0v) is 9.79. The average Bonchev–Trinajstić information content (AvgIpc) is 2.16. The van der Waals surface area contributed by atoms with Crippen molar-refractivity contribution in [3.05, 3.63) is 23.8 Å². The Bertz CT molecular complexity index is 302. The number of aliphatic carboxylic acids is 1. The molecule has 1 aliphatic rings. The van der Waals surface area contributed by atoms with Crippen molar-refractivity contribution in [1.82, 2.24) is 0 Å². The third-order valence-corrected chi connectivity index (χ3v) is 3.54. The molecule has 0 fully saturated rings. The van der Waals surface area contributed by atoms with Crippen LogP contribution < -0.4 is 0 Å². The Labute approximate surface area is 91.7 Å². The molecule has 1 aliphatic carbocycles. The number of carboxylic acid groups (broad SMARTS) is 1. The lowest BCUT2D eigenvalue weighted by Crippen LogP contribution is -2.26. The molecule has 0 aliphatic heterocycles. The summed E-state index contributed by atoms with van der Waals surface area (Å²) in [6.45, 7) is 9.83. The molecule has 0 aromatic rings. The summed E-state index contributed by atoms with van der Waals surface area (Å²) in [5.41, 5.74) is 2.39. The number of hydrogen-bond donors (Lipinski definition) is 1. The first-order chi connectivity index (χ1) is 6.93. The molecule has 3 atom stereocenters. The van der Waals surface area contributed by atoms with E-state index in [0.29, 0.717) is 5.92 Å². The SMILES string of the molecule is C=C(C)[C@H]1CC=C(C)[C@@H]([C@@H](C)C(=O)O)C1. The van der Waals surface area contributed by atoms with Crippen LogP contribution in [-0.2, 0) is 4.79 Å². The zero-order valence-electron chi connectivity index (χ0n) is 9.79. The first-order valence-electron chi connectivity index (χ1n) is 5.48. The van der Waals surface area contributed by atoms with Crippen molar-refractivity contribution < 1.29 is 9.90 Å². The van der Waals surface area contributed by atoms with Crippen LogP contribution in [0.1, 0.15) is 33.6 Å². The van der Waals surface area contributed by atoms with E-state index in [2.05, 4.69) is 12.7 Å². The van der Waals surface area contributed by atoms with Gasteiger partial charge in [-0.2, -0.15) is 0 Å². The van der Waals surface area contributed by atoms with E-state index in [0.717, 1.165) is 12.8 Å². The second-order valence-electron chi connectivity index (χ2n) is 4.70. The predicted molar refractivity (Wildman–Crippen MR) is 61.6 cm³/mol. The molecule has 84 valence electrons. The molecular weight excluding hydrogens is 188 g/mol. The second kappa shape index (κ2) is 4.65. The molecule has 0 aromatic heterocycles. The minimum atomic E-state index is -0.699. The van der Waals surface area contributed by atoms with Crippen LogP contribution in [0.4, 0.5) is 0 Å². The molecule has 0 saturated carbocycles. The van der Waals surface area contributed by atoms with Crippen LogP contribution >= 0.6 is 0 Å². The Kier molecular flexibility index (Phi) is 3.72. The maximum absolute atomic E-state index is 11.0. The number of rotatable bonds is 3. The quantitative estimate of drug-likeness (QED) is 0.723. The molecule has 0 amide bonds. The van der Waals surface area contributed by atoms with Crippen LogP contribution in [-0.4, -0.2) is 11.1 Å². The smallest absolute Gasteiger partial charge is 0.306 e. The first kappa shape index (κ1) is 12.0. The van der Waals surface area contributed by atoms with Gasteiger partial charge in [0.25, 0.3) is 0 Å². The van der Waals surface area contributed by atoms with Crippen LogP contribution in [0.5, 0.6) is 0 Å². The van der Waals surface area contributed by atoms with E-state index in [1.165, 1.54) is 11.1 Å². The monoisotopic (exact) mass is 208 g/mol. The Morgan fingerprint density at radius 2 is 2.27 bits per heavy atom. The van der Waals surface area contributed by atoms with E-state index in [-0.39, 0.29) is 11.8 Å². The van der Waals surface area contributed by atoms with E-state index in [1.807, 2.05) is 13.8 Å². The van der Waals surface area contributed by atoms with Gasteiger partial charge in [-0.1, -0.05) is 30.7 Å². The van der Waals surface area contributed by atoms with Crippen LogP contribution in [0, 0.1) is 17.8 Å². The molecule has 0 aromatic carbocycles. The highest BCUT2D eigenvalue weighted by Crippen LogP contribution is 2.36. The fourth-order valence-corrected chi connectivity index (χ4v) is 2.24. The zero-order chi connectivity index (χ0) is 11.6. The lowest BCUT2D eigenvalue weighted by Gasteiger charge is -2.31. The number of carboxylic acids is 1. The summed E-state index contributed by atoms with van der Waals surface area (Å²) in [6.07, 6.45) is 4.13. The molecule has 0 bridgehead atoms. The summed E-state index contributed by atoms with van der Waals surface area (Å²) >= 11 is 0. The van der Waals surface area contributed by atoms with Crippen LogP contribution in [0.15, 0.2) is 23.8 Å². The molecule has 2 nitrogen and oxygen atoms in total. The van der Waals surface area contributed by atoms with Crippen LogP contribution in [0.3, 0.4) is 0 Å². The summed E-state index contributed by atoms with van der Waals surface area (Å²) in [5.74, 6) is -0.350. The molecule has 2 heteroatoms. The van der Waals surface area contributed by atoms with Gasteiger partial charge in [0.1, 0.15) is 0 Å². The fourth-order valence-electron chi connectivity index (χ4n) is 2.24. The Morgan fingerprint density at radius 1 is 1.67 bits per heavy atom. The summed E-state index contributed by atoms with van der Waals surface area (Å²) in [6, 6.07) is 0. The molecule has 1 rings (SSSR count). The average molecular weight is 208 g/mol. The van der Waals surface area contributed by atoms with Crippen molar-refractivity contribution in [2.75, 3.05) is 0 Å². The summed E-state index contributed by atoms with van der Waals surface area (Å²) < 4.78 is 0. The molecule has 0 saturated heterocycles. The lowest BCUT2D eigenvalue weighted by molar-refractivity contribution is -0.142. The Morgan fingerprint density at radius 3 is 2.73 bits per heavy atom. The normalized spacial score (nSPS) is 28.1. The second-order valence-corrected chi connectivity index (χ2v) is 4.70. The van der Waals surface area contributed by atoms with Gasteiger partial charge in [0.05, 0.1) is 5.92 Å². The van der Waals surface area contributed by atoms with Gasteiger partial charge in [-0.25, -0.2) is 0 Å². The van der Waals surface area contributed by atoms with Gasteiger partial charge >= 0.3 is 5.97 Å². The molecule has 0 heterocycles. The van der Waals surface area contributed by atoms with E-state index in [9.17, 15) is 4.79 Å².